The van der Waals surface area contributed by atoms with Gasteiger partial charge in [0.2, 0.25) is 5.91 Å². The first-order chi connectivity index (χ1) is 13.5. The number of halogens is 3. The summed E-state index contributed by atoms with van der Waals surface area (Å²) in [5.74, 6) is 1.28. The Morgan fingerprint density at radius 1 is 1.11 bits per heavy atom. The third-order valence-corrected chi connectivity index (χ3v) is 5.96. The molecule has 9 heteroatoms. The van der Waals surface area contributed by atoms with Gasteiger partial charge in [-0.15, -0.1) is 10.2 Å². The highest BCUT2D eigenvalue weighted by molar-refractivity contribution is 7.99. The Kier molecular flexibility index (Phi) is 5.83. The van der Waals surface area contributed by atoms with Gasteiger partial charge in [-0.1, -0.05) is 64.8 Å². The molecule has 0 atom stereocenters. The molecule has 2 aromatic carbocycles. The summed E-state index contributed by atoms with van der Waals surface area (Å²) in [7, 11) is 0. The predicted molar refractivity (Wildman–Crippen MR) is 114 cm³/mol. The average molecular weight is 454 g/mol. The molecule has 1 saturated carbocycles. The lowest BCUT2D eigenvalue weighted by molar-refractivity contribution is -0.113. The third-order valence-electron chi connectivity index (χ3n) is 4.22. The maximum atomic E-state index is 12.4. The summed E-state index contributed by atoms with van der Waals surface area (Å²) in [4.78, 5) is 12.4. The van der Waals surface area contributed by atoms with Gasteiger partial charge in [0, 0.05) is 16.6 Å². The number of carbonyl (C=O) groups excluding carboxylic acids is 1. The van der Waals surface area contributed by atoms with Gasteiger partial charge in [-0.05, 0) is 37.1 Å². The van der Waals surface area contributed by atoms with Crippen LogP contribution in [-0.4, -0.2) is 26.4 Å². The molecular weight excluding hydrogens is 439 g/mol. The van der Waals surface area contributed by atoms with Crippen molar-refractivity contribution in [2.24, 2.45) is 0 Å². The van der Waals surface area contributed by atoms with Gasteiger partial charge in [0.25, 0.3) is 0 Å². The highest BCUT2D eigenvalue weighted by Gasteiger charge is 2.31. The Morgan fingerprint density at radius 2 is 1.79 bits per heavy atom. The van der Waals surface area contributed by atoms with Crippen LogP contribution in [0.5, 0.6) is 0 Å². The van der Waals surface area contributed by atoms with Gasteiger partial charge >= 0.3 is 0 Å². The lowest BCUT2D eigenvalue weighted by Crippen LogP contribution is -2.15. The standard InChI is InChI=1S/C19H15Cl3N4OS/c20-12-8-14(21)17(15(22)9-12)23-16(27)10-28-19-25-24-18(11-6-7-11)26(19)13-4-2-1-3-5-13/h1-5,8-9,11H,6-7,10H2,(H,23,27). The molecule has 1 aliphatic carbocycles. The minimum atomic E-state index is -0.244. The summed E-state index contributed by atoms with van der Waals surface area (Å²) in [5, 5.41) is 13.1. The lowest BCUT2D eigenvalue weighted by atomic mass is 10.3. The van der Waals surface area contributed by atoms with E-state index in [0.717, 1.165) is 24.4 Å². The van der Waals surface area contributed by atoms with Crippen molar-refractivity contribution < 1.29 is 4.79 Å². The first-order valence-corrected chi connectivity index (χ1v) is 10.7. The number of rotatable bonds is 6. The van der Waals surface area contributed by atoms with E-state index in [0.29, 0.717) is 31.8 Å². The highest BCUT2D eigenvalue weighted by Crippen LogP contribution is 2.41. The molecule has 0 spiro atoms. The molecule has 0 unspecified atom stereocenters. The molecule has 1 fully saturated rings. The van der Waals surface area contributed by atoms with Crippen molar-refractivity contribution in [2.75, 3.05) is 11.1 Å². The van der Waals surface area contributed by atoms with Crippen LogP contribution in [-0.2, 0) is 4.79 Å². The van der Waals surface area contributed by atoms with E-state index in [-0.39, 0.29) is 11.7 Å². The number of thioether (sulfide) groups is 1. The van der Waals surface area contributed by atoms with Crippen molar-refractivity contribution in [3.05, 3.63) is 63.4 Å². The van der Waals surface area contributed by atoms with Crippen molar-refractivity contribution in [2.45, 2.75) is 23.9 Å². The maximum Gasteiger partial charge on any atom is 0.234 e. The fraction of sp³-hybridized carbons (Fsp3) is 0.211. The van der Waals surface area contributed by atoms with Gasteiger partial charge < -0.3 is 5.32 Å². The van der Waals surface area contributed by atoms with Gasteiger partial charge in [-0.3, -0.25) is 9.36 Å². The number of nitrogens with one attached hydrogen (secondary N) is 1. The topological polar surface area (TPSA) is 59.8 Å². The van der Waals surface area contributed by atoms with E-state index in [2.05, 4.69) is 15.5 Å². The molecule has 0 bridgehead atoms. The van der Waals surface area contributed by atoms with Gasteiger partial charge in [-0.25, -0.2) is 0 Å². The van der Waals surface area contributed by atoms with Crippen LogP contribution in [0.15, 0.2) is 47.6 Å². The second-order valence-corrected chi connectivity index (χ2v) is 8.56. The normalized spacial score (nSPS) is 13.5. The molecule has 4 rings (SSSR count). The monoisotopic (exact) mass is 452 g/mol. The fourth-order valence-corrected chi connectivity index (χ4v) is 4.44. The summed E-state index contributed by atoms with van der Waals surface area (Å²) < 4.78 is 2.03. The fourth-order valence-electron chi connectivity index (χ4n) is 2.77. The number of amides is 1. The van der Waals surface area contributed by atoms with E-state index in [9.17, 15) is 4.79 Å². The minimum Gasteiger partial charge on any atom is -0.323 e. The van der Waals surface area contributed by atoms with Crippen molar-refractivity contribution in [3.63, 3.8) is 0 Å². The van der Waals surface area contributed by atoms with Crippen molar-refractivity contribution in [1.29, 1.82) is 0 Å². The Labute approximate surface area is 181 Å². The summed E-state index contributed by atoms with van der Waals surface area (Å²) in [6.45, 7) is 0. The van der Waals surface area contributed by atoms with Crippen LogP contribution in [0, 0.1) is 0 Å². The van der Waals surface area contributed by atoms with Crippen LogP contribution in [0.1, 0.15) is 24.6 Å². The molecule has 1 N–H and O–H groups in total. The molecule has 1 heterocycles. The first-order valence-electron chi connectivity index (χ1n) is 8.61. The van der Waals surface area contributed by atoms with Crippen LogP contribution in [0.3, 0.4) is 0 Å². The molecule has 1 amide bonds. The number of hydrogen-bond acceptors (Lipinski definition) is 4. The average Bonchev–Trinajstić information content (AvgIpc) is 3.43. The highest BCUT2D eigenvalue weighted by atomic mass is 35.5. The smallest absolute Gasteiger partial charge is 0.234 e. The van der Waals surface area contributed by atoms with E-state index in [1.54, 1.807) is 0 Å². The lowest BCUT2D eigenvalue weighted by Gasteiger charge is -2.11. The minimum absolute atomic E-state index is 0.144. The number of carbonyl (C=O) groups is 1. The summed E-state index contributed by atoms with van der Waals surface area (Å²) in [6, 6.07) is 13.0. The van der Waals surface area contributed by atoms with Gasteiger partial charge in [0.05, 0.1) is 21.5 Å². The van der Waals surface area contributed by atoms with E-state index in [4.69, 9.17) is 34.8 Å². The number of aromatic nitrogens is 3. The number of benzene rings is 2. The summed E-state index contributed by atoms with van der Waals surface area (Å²) in [6.07, 6.45) is 2.23. The van der Waals surface area contributed by atoms with E-state index >= 15 is 0 Å². The molecule has 0 saturated heterocycles. The second kappa shape index (κ2) is 8.33. The van der Waals surface area contributed by atoms with Crippen LogP contribution < -0.4 is 5.32 Å². The van der Waals surface area contributed by atoms with Crippen LogP contribution in [0.25, 0.3) is 5.69 Å². The Hall–Kier alpha value is -1.73. The SMILES string of the molecule is O=C(CSc1nnc(C2CC2)n1-c1ccccc1)Nc1c(Cl)cc(Cl)cc1Cl. The number of anilines is 1. The second-order valence-electron chi connectivity index (χ2n) is 6.37. The molecule has 28 heavy (non-hydrogen) atoms. The summed E-state index contributed by atoms with van der Waals surface area (Å²) in [5.41, 5.74) is 1.34. The molecule has 3 aromatic rings. The first kappa shape index (κ1) is 19.6. The van der Waals surface area contributed by atoms with Crippen LogP contribution >= 0.6 is 46.6 Å². The molecule has 0 radical (unpaired) electrons. The maximum absolute atomic E-state index is 12.4. The van der Waals surface area contributed by atoms with Crippen molar-refractivity contribution >= 4 is 58.2 Å². The van der Waals surface area contributed by atoms with Crippen molar-refractivity contribution in [3.8, 4) is 5.69 Å². The van der Waals surface area contributed by atoms with Crippen LogP contribution in [0.2, 0.25) is 15.1 Å². The molecule has 144 valence electrons. The Morgan fingerprint density at radius 3 is 2.43 bits per heavy atom. The molecule has 0 aliphatic heterocycles. The largest absolute Gasteiger partial charge is 0.323 e. The number of hydrogen-bond donors (Lipinski definition) is 1. The summed E-state index contributed by atoms with van der Waals surface area (Å²) >= 11 is 19.5. The van der Waals surface area contributed by atoms with Gasteiger partial charge in [0.15, 0.2) is 5.16 Å². The predicted octanol–water partition coefficient (Wildman–Crippen LogP) is 5.84. The number of para-hydroxylation sites is 1. The number of nitrogens with zero attached hydrogens (tertiary/aromatic N) is 3. The Bertz CT molecular complexity index is 998. The van der Waals surface area contributed by atoms with Crippen LogP contribution in [0.4, 0.5) is 5.69 Å². The zero-order valence-electron chi connectivity index (χ0n) is 14.5. The van der Waals surface area contributed by atoms with E-state index < -0.39 is 0 Å². The third kappa shape index (κ3) is 4.30. The molecular formula is C19H15Cl3N4OS. The quantitative estimate of drug-likeness (QED) is 0.477. The van der Waals surface area contributed by atoms with E-state index in [1.165, 1.54) is 23.9 Å². The zero-order valence-corrected chi connectivity index (χ0v) is 17.6. The van der Waals surface area contributed by atoms with Crippen molar-refractivity contribution in [1.82, 2.24) is 14.8 Å². The molecule has 5 nitrogen and oxygen atoms in total. The van der Waals surface area contributed by atoms with E-state index in [1.807, 2.05) is 34.9 Å². The Balaban J connectivity index is 1.50. The molecule has 1 aromatic heterocycles. The van der Waals surface area contributed by atoms with Gasteiger partial charge in [-0.2, -0.15) is 0 Å². The van der Waals surface area contributed by atoms with Gasteiger partial charge in [0.1, 0.15) is 5.82 Å². The molecule has 1 aliphatic rings. The zero-order chi connectivity index (χ0) is 19.7.